The van der Waals surface area contributed by atoms with Crippen molar-refractivity contribution in [2.75, 3.05) is 5.32 Å². The second-order valence-corrected chi connectivity index (χ2v) is 5.01. The number of amides is 1. The van der Waals surface area contributed by atoms with Gasteiger partial charge in [-0.15, -0.1) is 0 Å². The number of hydrogen-bond acceptors (Lipinski definition) is 3. The third-order valence-electron chi connectivity index (χ3n) is 2.64. The van der Waals surface area contributed by atoms with E-state index in [1.807, 2.05) is 12.1 Å². The van der Waals surface area contributed by atoms with Gasteiger partial charge in [-0.3, -0.25) is 0 Å². The summed E-state index contributed by atoms with van der Waals surface area (Å²) >= 11 is -0.140. The van der Waals surface area contributed by atoms with Gasteiger partial charge in [0, 0.05) is 0 Å². The normalized spacial score (nSPS) is 10.6. The van der Waals surface area contributed by atoms with Crippen molar-refractivity contribution < 1.29 is 9.18 Å². The summed E-state index contributed by atoms with van der Waals surface area (Å²) in [7, 11) is 0. The number of aromatic nitrogens is 2. The Bertz CT molecular complexity index is 739. The molecule has 0 saturated heterocycles. The number of nitrogens with zero attached hydrogens (tertiary/aromatic N) is 2. The fourth-order valence-electron chi connectivity index (χ4n) is 1.70. The number of fused-ring (bicyclic) bond motifs is 1. The molecule has 0 radical (unpaired) electrons. The molecule has 0 fully saturated rings. The quantitative estimate of drug-likeness (QED) is 0.736. The summed E-state index contributed by atoms with van der Waals surface area (Å²) in [6.07, 6.45) is 0. The summed E-state index contributed by atoms with van der Waals surface area (Å²) in [6, 6.07) is 10.9. The van der Waals surface area contributed by atoms with Crippen molar-refractivity contribution in [3.8, 4) is 0 Å². The van der Waals surface area contributed by atoms with Crippen molar-refractivity contribution in [2.24, 2.45) is 0 Å². The number of carbonyl (C=O) groups excluding carboxylic acids is 1. The van der Waals surface area contributed by atoms with Crippen LogP contribution in [0.25, 0.3) is 11.0 Å². The summed E-state index contributed by atoms with van der Waals surface area (Å²) < 4.78 is 21.3. The van der Waals surface area contributed by atoms with Crippen molar-refractivity contribution in [3.63, 3.8) is 0 Å². The van der Waals surface area contributed by atoms with E-state index in [4.69, 9.17) is 0 Å². The molecule has 3 aromatic rings. The van der Waals surface area contributed by atoms with Gasteiger partial charge in [-0.05, 0) is 0 Å². The minimum atomic E-state index is -0.367. The van der Waals surface area contributed by atoms with Crippen LogP contribution in [-0.2, 0) is 0 Å². The average Bonchev–Trinajstić information content (AvgIpc) is 2.89. The maximum absolute atomic E-state index is 12.8. The number of rotatable bonds is 2. The van der Waals surface area contributed by atoms with E-state index in [1.54, 1.807) is 6.07 Å². The zero-order chi connectivity index (χ0) is 13.2. The first-order valence-corrected chi connectivity index (χ1v) is 7.05. The van der Waals surface area contributed by atoms with E-state index in [0.717, 1.165) is 11.0 Å². The molecule has 1 heterocycles. The van der Waals surface area contributed by atoms with Gasteiger partial charge in [-0.25, -0.2) is 0 Å². The van der Waals surface area contributed by atoms with Crippen LogP contribution in [0.2, 0.25) is 0 Å². The molecule has 2 aromatic carbocycles. The fraction of sp³-hybridized carbons (Fsp3) is 0. The van der Waals surface area contributed by atoms with E-state index in [-0.39, 0.29) is 26.7 Å². The molecular weight excluding hydrogens is 312 g/mol. The van der Waals surface area contributed by atoms with E-state index >= 15 is 0 Å². The van der Waals surface area contributed by atoms with Crippen molar-refractivity contribution in [1.82, 2.24) is 7.96 Å². The molecule has 0 aliphatic heterocycles. The second-order valence-electron chi connectivity index (χ2n) is 3.90. The summed E-state index contributed by atoms with van der Waals surface area (Å²) in [5, 5.41) is 2.77. The monoisotopic (exact) mass is 321 g/mol. The maximum atomic E-state index is 12.8. The van der Waals surface area contributed by atoms with E-state index in [9.17, 15) is 9.18 Å². The number of carbonyl (C=O) groups is 1. The van der Waals surface area contributed by atoms with Crippen LogP contribution < -0.4 is 5.32 Å². The third kappa shape index (κ3) is 2.41. The molecule has 4 nitrogen and oxygen atoms in total. The Balaban J connectivity index is 1.90. The molecule has 0 aliphatic rings. The van der Waals surface area contributed by atoms with E-state index in [0.29, 0.717) is 11.3 Å². The number of anilines is 1. The number of benzene rings is 2. The van der Waals surface area contributed by atoms with Crippen LogP contribution in [0.1, 0.15) is 10.4 Å². The summed E-state index contributed by atoms with van der Waals surface area (Å²) in [4.78, 5) is 12.0. The topological polar surface area (TPSA) is 54.9 Å². The Labute approximate surface area is 114 Å². The van der Waals surface area contributed by atoms with Crippen LogP contribution in [0.3, 0.4) is 0 Å². The first kappa shape index (κ1) is 12.0. The summed E-state index contributed by atoms with van der Waals surface area (Å²) in [6.45, 7) is 0. The van der Waals surface area contributed by atoms with Crippen molar-refractivity contribution in [1.29, 1.82) is 0 Å². The van der Waals surface area contributed by atoms with Gasteiger partial charge in [-0.1, -0.05) is 0 Å². The van der Waals surface area contributed by atoms with Gasteiger partial charge in [0.15, 0.2) is 0 Å². The molecule has 0 unspecified atom stereocenters. The molecule has 19 heavy (non-hydrogen) atoms. The predicted molar refractivity (Wildman–Crippen MR) is 70.8 cm³/mol. The van der Waals surface area contributed by atoms with E-state index in [1.165, 1.54) is 24.3 Å². The summed E-state index contributed by atoms with van der Waals surface area (Å²) in [5.74, 6) is -0.656. The Hall–Kier alpha value is -2.04. The van der Waals surface area contributed by atoms with Crippen LogP contribution in [0.15, 0.2) is 42.5 Å². The zero-order valence-electron chi connectivity index (χ0n) is 9.63. The molecule has 3 rings (SSSR count). The molecule has 0 aliphatic carbocycles. The van der Waals surface area contributed by atoms with Crippen molar-refractivity contribution >= 4 is 37.6 Å². The van der Waals surface area contributed by atoms with E-state index in [2.05, 4.69) is 13.3 Å². The molecule has 0 saturated carbocycles. The first-order valence-electron chi connectivity index (χ1n) is 5.52. The van der Waals surface area contributed by atoms with Crippen molar-refractivity contribution in [3.05, 3.63) is 53.8 Å². The van der Waals surface area contributed by atoms with Crippen LogP contribution in [0.5, 0.6) is 0 Å². The van der Waals surface area contributed by atoms with Gasteiger partial charge in [0.05, 0.1) is 0 Å². The molecule has 1 aromatic heterocycles. The van der Waals surface area contributed by atoms with Crippen LogP contribution >= 0.6 is 0 Å². The minimum absolute atomic E-state index is 0.140. The SMILES string of the molecule is O=C(Nc1cccc2n[se]nc12)c1ccc(F)cc1. The Morgan fingerprint density at radius 1 is 1.11 bits per heavy atom. The fourth-order valence-corrected chi connectivity index (χ4v) is 2.86. The average molecular weight is 320 g/mol. The Kier molecular flexibility index (Phi) is 3.11. The molecule has 0 spiro atoms. The molecule has 6 heteroatoms. The molecule has 0 bridgehead atoms. The predicted octanol–water partition coefficient (Wildman–Crippen LogP) is 2.08. The molecule has 94 valence electrons. The Morgan fingerprint density at radius 2 is 1.89 bits per heavy atom. The molecule has 1 amide bonds. The zero-order valence-corrected chi connectivity index (χ0v) is 11.3. The Morgan fingerprint density at radius 3 is 2.68 bits per heavy atom. The van der Waals surface area contributed by atoms with Gasteiger partial charge in [0.25, 0.3) is 0 Å². The van der Waals surface area contributed by atoms with Gasteiger partial charge in [-0.2, -0.15) is 0 Å². The standard InChI is InChI=1S/C13H8FN3OSe/c14-9-6-4-8(5-7-9)13(18)15-10-2-1-3-11-12(10)17-19-16-11/h1-7H,(H,15,18). The van der Waals surface area contributed by atoms with Gasteiger partial charge in [0.2, 0.25) is 0 Å². The van der Waals surface area contributed by atoms with Crippen LogP contribution in [0, 0.1) is 5.82 Å². The second kappa shape index (κ2) is 4.91. The number of halogens is 1. The van der Waals surface area contributed by atoms with Crippen molar-refractivity contribution in [2.45, 2.75) is 0 Å². The van der Waals surface area contributed by atoms with Gasteiger partial charge in [0.1, 0.15) is 0 Å². The first-order chi connectivity index (χ1) is 9.24. The number of nitrogens with one attached hydrogen (secondary N) is 1. The van der Waals surface area contributed by atoms with Crippen LogP contribution in [-0.4, -0.2) is 28.8 Å². The van der Waals surface area contributed by atoms with E-state index < -0.39 is 0 Å². The molecule has 0 atom stereocenters. The third-order valence-corrected chi connectivity index (χ3v) is 3.78. The molecular formula is C13H8FN3OSe. The van der Waals surface area contributed by atoms with Gasteiger partial charge < -0.3 is 0 Å². The summed E-state index contributed by atoms with van der Waals surface area (Å²) in [5.41, 5.74) is 2.56. The molecule has 1 N–H and O–H groups in total. The van der Waals surface area contributed by atoms with Crippen LogP contribution in [0.4, 0.5) is 10.1 Å². The number of hydrogen-bond donors (Lipinski definition) is 1. The van der Waals surface area contributed by atoms with Gasteiger partial charge >= 0.3 is 114 Å².